The summed E-state index contributed by atoms with van der Waals surface area (Å²) in [6.45, 7) is 1.97. The molecule has 0 aliphatic carbocycles. The smallest absolute Gasteiger partial charge is 0.271 e. The van der Waals surface area contributed by atoms with Gasteiger partial charge >= 0.3 is 0 Å². The minimum absolute atomic E-state index is 0.0565. The van der Waals surface area contributed by atoms with E-state index in [2.05, 4.69) is 10.3 Å². The highest BCUT2D eigenvalue weighted by molar-refractivity contribution is 7.13. The third-order valence-corrected chi connectivity index (χ3v) is 4.34. The quantitative estimate of drug-likeness (QED) is 0.780. The van der Waals surface area contributed by atoms with Gasteiger partial charge in [-0.05, 0) is 18.1 Å². The van der Waals surface area contributed by atoms with Crippen molar-refractivity contribution in [3.05, 3.63) is 77.4 Å². The van der Waals surface area contributed by atoms with Gasteiger partial charge in [0, 0.05) is 0 Å². The molecule has 0 saturated heterocycles. The summed E-state index contributed by atoms with van der Waals surface area (Å²) >= 11 is 1.48. The number of hydrogen-bond donors (Lipinski definition) is 1. The highest BCUT2D eigenvalue weighted by Gasteiger charge is 2.18. The molecule has 1 heterocycles. The van der Waals surface area contributed by atoms with Gasteiger partial charge in [0.05, 0.1) is 16.4 Å². The lowest BCUT2D eigenvalue weighted by Crippen LogP contribution is -2.27. The average molecular weight is 308 g/mol. The number of nitrogens with zero attached hydrogens (tertiary/aromatic N) is 1. The van der Waals surface area contributed by atoms with Crippen LogP contribution in [0.2, 0.25) is 0 Å². The topological polar surface area (TPSA) is 42.0 Å². The number of hydrogen-bond acceptors (Lipinski definition) is 3. The number of carbonyl (C=O) groups excluding carboxylic acids is 1. The zero-order valence-electron chi connectivity index (χ0n) is 12.2. The molecular weight excluding hydrogens is 292 g/mol. The molecular formula is C18H16N2OS. The average Bonchev–Trinajstić information content (AvgIpc) is 3.06. The molecule has 0 saturated carbocycles. The molecule has 0 fully saturated rings. The number of amides is 1. The molecule has 3 aromatic rings. The lowest BCUT2D eigenvalue weighted by Gasteiger charge is -2.14. The van der Waals surface area contributed by atoms with Crippen molar-refractivity contribution in [3.63, 3.8) is 0 Å². The minimum Gasteiger partial charge on any atom is -0.344 e. The van der Waals surface area contributed by atoms with Crippen LogP contribution in [-0.2, 0) is 0 Å². The fourth-order valence-corrected chi connectivity index (χ4v) is 3.09. The molecule has 2 aromatic carbocycles. The normalized spacial score (nSPS) is 11.9. The number of aromatic nitrogens is 1. The largest absolute Gasteiger partial charge is 0.344 e. The van der Waals surface area contributed by atoms with Gasteiger partial charge in [0.25, 0.3) is 5.91 Å². The summed E-state index contributed by atoms with van der Waals surface area (Å²) in [6.07, 6.45) is 0. The van der Waals surface area contributed by atoms with E-state index in [0.29, 0.717) is 5.69 Å². The third-order valence-electron chi connectivity index (χ3n) is 3.47. The summed E-state index contributed by atoms with van der Waals surface area (Å²) in [6, 6.07) is 19.7. The van der Waals surface area contributed by atoms with Crippen LogP contribution in [0, 0.1) is 0 Å². The fraction of sp³-hybridized carbons (Fsp3) is 0.111. The lowest BCUT2D eigenvalue weighted by molar-refractivity contribution is 0.0936. The number of nitrogens with one attached hydrogen (secondary N) is 1. The molecule has 1 atom stereocenters. The molecule has 1 amide bonds. The second-order valence-corrected chi connectivity index (χ2v) is 5.86. The van der Waals surface area contributed by atoms with Crippen LogP contribution in [0.25, 0.3) is 10.4 Å². The molecule has 4 heteroatoms. The molecule has 0 radical (unpaired) electrons. The van der Waals surface area contributed by atoms with Crippen LogP contribution < -0.4 is 5.32 Å². The van der Waals surface area contributed by atoms with Crippen LogP contribution in [-0.4, -0.2) is 10.9 Å². The number of thiazole rings is 1. The Morgan fingerprint density at radius 2 is 1.68 bits per heavy atom. The van der Waals surface area contributed by atoms with Crippen molar-refractivity contribution in [2.75, 3.05) is 0 Å². The van der Waals surface area contributed by atoms with Crippen molar-refractivity contribution < 1.29 is 4.79 Å². The zero-order chi connectivity index (χ0) is 15.4. The van der Waals surface area contributed by atoms with Crippen LogP contribution in [0.15, 0.2) is 66.2 Å². The van der Waals surface area contributed by atoms with E-state index in [9.17, 15) is 4.79 Å². The van der Waals surface area contributed by atoms with Gasteiger partial charge in [-0.25, -0.2) is 4.98 Å². The van der Waals surface area contributed by atoms with Gasteiger partial charge in [-0.1, -0.05) is 60.7 Å². The van der Waals surface area contributed by atoms with E-state index in [-0.39, 0.29) is 11.9 Å². The molecule has 22 heavy (non-hydrogen) atoms. The van der Waals surface area contributed by atoms with Gasteiger partial charge in [-0.15, -0.1) is 11.3 Å². The van der Waals surface area contributed by atoms with Crippen LogP contribution in [0.1, 0.15) is 29.0 Å². The highest BCUT2D eigenvalue weighted by atomic mass is 32.1. The summed E-state index contributed by atoms with van der Waals surface area (Å²) in [5.74, 6) is -0.142. The second-order valence-electron chi connectivity index (χ2n) is 5.00. The number of benzene rings is 2. The standard InChI is InChI=1S/C18H16N2OS/c1-13(14-8-4-2-5-9-14)20-18(21)16-17(22-12-19-16)15-10-6-3-7-11-15/h2-13H,1H3,(H,20,21). The van der Waals surface area contributed by atoms with Crippen molar-refractivity contribution in [2.24, 2.45) is 0 Å². The molecule has 0 bridgehead atoms. The maximum absolute atomic E-state index is 12.5. The Bertz CT molecular complexity index is 753. The fourth-order valence-electron chi connectivity index (χ4n) is 2.29. The summed E-state index contributed by atoms with van der Waals surface area (Å²) in [5, 5.41) is 3.01. The van der Waals surface area contributed by atoms with Gasteiger partial charge in [0.2, 0.25) is 0 Å². The van der Waals surface area contributed by atoms with E-state index >= 15 is 0 Å². The van der Waals surface area contributed by atoms with Crippen molar-refractivity contribution in [1.29, 1.82) is 0 Å². The maximum atomic E-state index is 12.5. The molecule has 0 aliphatic heterocycles. The molecule has 1 N–H and O–H groups in total. The number of carbonyl (C=O) groups is 1. The Hall–Kier alpha value is -2.46. The number of rotatable bonds is 4. The molecule has 1 unspecified atom stereocenters. The van der Waals surface area contributed by atoms with Gasteiger partial charge in [-0.2, -0.15) is 0 Å². The second kappa shape index (κ2) is 6.54. The highest BCUT2D eigenvalue weighted by Crippen LogP contribution is 2.27. The minimum atomic E-state index is -0.142. The first kappa shape index (κ1) is 14.5. The maximum Gasteiger partial charge on any atom is 0.271 e. The van der Waals surface area contributed by atoms with Crippen molar-refractivity contribution in [3.8, 4) is 10.4 Å². The summed E-state index contributed by atoms with van der Waals surface area (Å²) in [4.78, 5) is 17.7. The van der Waals surface area contributed by atoms with Gasteiger partial charge < -0.3 is 5.32 Å². The first-order valence-corrected chi connectivity index (χ1v) is 7.98. The van der Waals surface area contributed by atoms with E-state index in [1.165, 1.54) is 11.3 Å². The summed E-state index contributed by atoms with van der Waals surface area (Å²) < 4.78 is 0. The van der Waals surface area contributed by atoms with Crippen LogP contribution in [0.4, 0.5) is 0 Å². The van der Waals surface area contributed by atoms with Crippen LogP contribution >= 0.6 is 11.3 Å². The lowest BCUT2D eigenvalue weighted by atomic mass is 10.1. The molecule has 3 rings (SSSR count). The van der Waals surface area contributed by atoms with Gasteiger partial charge in [0.1, 0.15) is 5.69 Å². The predicted molar refractivity (Wildman–Crippen MR) is 89.9 cm³/mol. The Morgan fingerprint density at radius 3 is 2.36 bits per heavy atom. The third kappa shape index (κ3) is 3.07. The van der Waals surface area contributed by atoms with Crippen LogP contribution in [0.5, 0.6) is 0 Å². The molecule has 0 aliphatic rings. The first-order chi connectivity index (χ1) is 10.8. The van der Waals surface area contributed by atoms with Crippen LogP contribution in [0.3, 0.4) is 0 Å². The van der Waals surface area contributed by atoms with Gasteiger partial charge in [-0.3, -0.25) is 4.79 Å². The molecule has 3 nitrogen and oxygen atoms in total. The molecule has 0 spiro atoms. The Kier molecular flexibility index (Phi) is 4.30. The van der Waals surface area contributed by atoms with E-state index in [0.717, 1.165) is 16.0 Å². The Labute approximate surface area is 133 Å². The molecule has 1 aromatic heterocycles. The first-order valence-electron chi connectivity index (χ1n) is 7.10. The van der Waals surface area contributed by atoms with E-state index in [1.807, 2.05) is 67.6 Å². The summed E-state index contributed by atoms with van der Waals surface area (Å²) in [5.41, 5.74) is 4.29. The zero-order valence-corrected chi connectivity index (χ0v) is 13.0. The van der Waals surface area contributed by atoms with Gasteiger partial charge in [0.15, 0.2) is 0 Å². The van der Waals surface area contributed by atoms with Crippen molar-refractivity contribution in [2.45, 2.75) is 13.0 Å². The van der Waals surface area contributed by atoms with Crippen molar-refractivity contribution >= 4 is 17.2 Å². The SMILES string of the molecule is CC(NC(=O)c1ncsc1-c1ccccc1)c1ccccc1. The predicted octanol–water partition coefficient (Wildman–Crippen LogP) is 4.30. The summed E-state index contributed by atoms with van der Waals surface area (Å²) in [7, 11) is 0. The van der Waals surface area contributed by atoms with E-state index in [1.54, 1.807) is 5.51 Å². The van der Waals surface area contributed by atoms with E-state index in [4.69, 9.17) is 0 Å². The van der Waals surface area contributed by atoms with E-state index < -0.39 is 0 Å². The Balaban J connectivity index is 1.81. The molecule has 110 valence electrons. The monoisotopic (exact) mass is 308 g/mol. The Morgan fingerprint density at radius 1 is 1.05 bits per heavy atom. The van der Waals surface area contributed by atoms with Crippen molar-refractivity contribution in [1.82, 2.24) is 10.3 Å².